The average molecular weight is 334 g/mol. The number of likely N-dealkylation sites (tertiary alicyclic amines) is 1. The highest BCUT2D eigenvalue weighted by Crippen LogP contribution is 2.20. The van der Waals surface area contributed by atoms with Crippen LogP contribution in [0, 0.1) is 11.6 Å². The molecule has 2 heterocycles. The molecule has 1 aliphatic rings. The van der Waals surface area contributed by atoms with E-state index < -0.39 is 11.6 Å². The van der Waals surface area contributed by atoms with Crippen LogP contribution in [0.25, 0.3) is 0 Å². The molecule has 1 aliphatic heterocycles. The number of piperidine rings is 1. The zero-order valence-corrected chi connectivity index (χ0v) is 13.5. The SMILES string of the molecule is CCn1cc(N[C@@H]2CCCN(Cc3ccc(F)cc3F)C2=O)cn1. The zero-order valence-electron chi connectivity index (χ0n) is 13.5. The Balaban J connectivity index is 1.68. The van der Waals surface area contributed by atoms with Gasteiger partial charge in [-0.05, 0) is 25.8 Å². The fraction of sp³-hybridized carbons (Fsp3) is 0.412. The molecular weight excluding hydrogens is 314 g/mol. The highest BCUT2D eigenvalue weighted by Gasteiger charge is 2.29. The Morgan fingerprint density at radius 2 is 2.21 bits per heavy atom. The van der Waals surface area contributed by atoms with Crippen LogP contribution >= 0.6 is 0 Å². The Labute approximate surface area is 139 Å². The van der Waals surface area contributed by atoms with Gasteiger partial charge in [-0.1, -0.05) is 6.07 Å². The monoisotopic (exact) mass is 334 g/mol. The number of amides is 1. The summed E-state index contributed by atoms with van der Waals surface area (Å²) in [7, 11) is 0. The summed E-state index contributed by atoms with van der Waals surface area (Å²) in [5.74, 6) is -1.31. The lowest BCUT2D eigenvalue weighted by Crippen LogP contribution is -2.47. The molecule has 0 unspecified atom stereocenters. The van der Waals surface area contributed by atoms with Crippen molar-refractivity contribution in [2.24, 2.45) is 0 Å². The van der Waals surface area contributed by atoms with E-state index in [0.717, 1.165) is 31.1 Å². The summed E-state index contributed by atoms with van der Waals surface area (Å²) in [6.45, 7) is 3.47. The Bertz CT molecular complexity index is 731. The molecular formula is C17H20F2N4O. The minimum absolute atomic E-state index is 0.0748. The number of rotatable bonds is 5. The summed E-state index contributed by atoms with van der Waals surface area (Å²) in [5, 5.41) is 7.37. The topological polar surface area (TPSA) is 50.2 Å². The lowest BCUT2D eigenvalue weighted by atomic mass is 10.0. The largest absolute Gasteiger partial charge is 0.371 e. The van der Waals surface area contributed by atoms with Gasteiger partial charge in [0.15, 0.2) is 0 Å². The third kappa shape index (κ3) is 3.55. The number of nitrogens with one attached hydrogen (secondary N) is 1. The first kappa shape index (κ1) is 16.4. The lowest BCUT2D eigenvalue weighted by molar-refractivity contribution is -0.134. The molecule has 0 aliphatic carbocycles. The van der Waals surface area contributed by atoms with Crippen LogP contribution < -0.4 is 5.32 Å². The number of benzene rings is 1. The summed E-state index contributed by atoms with van der Waals surface area (Å²) in [6, 6.07) is 3.09. The minimum atomic E-state index is -0.623. The van der Waals surface area contributed by atoms with Crippen molar-refractivity contribution in [2.75, 3.05) is 11.9 Å². The van der Waals surface area contributed by atoms with Gasteiger partial charge < -0.3 is 10.2 Å². The van der Waals surface area contributed by atoms with Crippen molar-refractivity contribution >= 4 is 11.6 Å². The summed E-state index contributed by atoms with van der Waals surface area (Å²) < 4.78 is 28.6. The van der Waals surface area contributed by atoms with E-state index in [9.17, 15) is 13.6 Å². The molecule has 1 fully saturated rings. The normalized spacial score (nSPS) is 18.0. The summed E-state index contributed by atoms with van der Waals surface area (Å²) in [5.41, 5.74) is 1.12. The van der Waals surface area contributed by atoms with Crippen molar-refractivity contribution in [3.8, 4) is 0 Å². The molecule has 1 saturated heterocycles. The number of hydrogen-bond donors (Lipinski definition) is 1. The molecule has 1 atom stereocenters. The fourth-order valence-corrected chi connectivity index (χ4v) is 2.90. The van der Waals surface area contributed by atoms with Gasteiger partial charge in [0.1, 0.15) is 17.7 Å². The van der Waals surface area contributed by atoms with Crippen LogP contribution in [-0.2, 0) is 17.9 Å². The number of carbonyl (C=O) groups excluding carboxylic acids is 1. The molecule has 1 aromatic carbocycles. The molecule has 0 spiro atoms. The smallest absolute Gasteiger partial charge is 0.245 e. The molecule has 2 aromatic rings. The second-order valence-corrected chi connectivity index (χ2v) is 5.92. The van der Waals surface area contributed by atoms with E-state index in [4.69, 9.17) is 0 Å². The second-order valence-electron chi connectivity index (χ2n) is 5.92. The van der Waals surface area contributed by atoms with E-state index >= 15 is 0 Å². The molecule has 24 heavy (non-hydrogen) atoms. The first-order valence-corrected chi connectivity index (χ1v) is 8.08. The predicted molar refractivity (Wildman–Crippen MR) is 86.3 cm³/mol. The second kappa shape index (κ2) is 6.98. The van der Waals surface area contributed by atoms with Gasteiger partial charge in [0.05, 0.1) is 11.9 Å². The number of aryl methyl sites for hydroxylation is 1. The Kier molecular flexibility index (Phi) is 4.78. The predicted octanol–water partition coefficient (Wildman–Crippen LogP) is 2.78. The van der Waals surface area contributed by atoms with E-state index in [1.54, 1.807) is 15.8 Å². The highest BCUT2D eigenvalue weighted by molar-refractivity contribution is 5.85. The fourth-order valence-electron chi connectivity index (χ4n) is 2.90. The third-order valence-corrected chi connectivity index (χ3v) is 4.21. The van der Waals surface area contributed by atoms with E-state index in [2.05, 4.69) is 10.4 Å². The van der Waals surface area contributed by atoms with E-state index in [-0.39, 0.29) is 18.5 Å². The van der Waals surface area contributed by atoms with Crippen LogP contribution in [-0.4, -0.2) is 33.2 Å². The zero-order chi connectivity index (χ0) is 17.1. The van der Waals surface area contributed by atoms with Crippen LogP contribution in [0.4, 0.5) is 14.5 Å². The molecule has 1 N–H and O–H groups in total. The maximum absolute atomic E-state index is 13.8. The van der Waals surface area contributed by atoms with Gasteiger partial charge in [-0.2, -0.15) is 5.10 Å². The van der Waals surface area contributed by atoms with Crippen LogP contribution in [0.3, 0.4) is 0 Å². The number of halogens is 2. The van der Waals surface area contributed by atoms with E-state index in [0.29, 0.717) is 12.1 Å². The molecule has 0 saturated carbocycles. The minimum Gasteiger partial charge on any atom is -0.371 e. The molecule has 0 radical (unpaired) electrons. The average Bonchev–Trinajstić information content (AvgIpc) is 3.01. The molecule has 7 heteroatoms. The molecule has 3 rings (SSSR count). The number of aromatic nitrogens is 2. The van der Waals surface area contributed by atoms with Gasteiger partial charge in [-0.25, -0.2) is 8.78 Å². The Morgan fingerprint density at radius 3 is 2.92 bits per heavy atom. The van der Waals surface area contributed by atoms with Gasteiger partial charge in [0, 0.05) is 37.5 Å². The van der Waals surface area contributed by atoms with Gasteiger partial charge in [0.25, 0.3) is 0 Å². The first-order valence-electron chi connectivity index (χ1n) is 8.08. The number of anilines is 1. The Hall–Kier alpha value is -2.44. The molecule has 0 bridgehead atoms. The lowest BCUT2D eigenvalue weighted by Gasteiger charge is -2.33. The number of hydrogen-bond acceptors (Lipinski definition) is 3. The van der Waals surface area contributed by atoms with Crippen molar-refractivity contribution in [3.05, 3.63) is 47.8 Å². The molecule has 128 valence electrons. The maximum Gasteiger partial charge on any atom is 0.245 e. The van der Waals surface area contributed by atoms with Crippen molar-refractivity contribution in [1.82, 2.24) is 14.7 Å². The van der Waals surface area contributed by atoms with Gasteiger partial charge in [-0.3, -0.25) is 9.48 Å². The van der Waals surface area contributed by atoms with Crippen LogP contribution in [0.5, 0.6) is 0 Å². The first-order chi connectivity index (χ1) is 11.6. The van der Waals surface area contributed by atoms with Crippen molar-refractivity contribution < 1.29 is 13.6 Å². The summed E-state index contributed by atoms with van der Waals surface area (Å²) in [6.07, 6.45) is 5.09. The molecule has 5 nitrogen and oxygen atoms in total. The standard InChI is InChI=1S/C17H20F2N4O/c1-2-23-11-14(9-20-23)21-16-4-3-7-22(17(16)24)10-12-5-6-13(18)8-15(12)19/h5-6,8-9,11,16,21H,2-4,7,10H2,1H3/t16-/m1/s1. The quantitative estimate of drug-likeness (QED) is 0.915. The van der Waals surface area contributed by atoms with Crippen LogP contribution in [0.2, 0.25) is 0 Å². The maximum atomic E-state index is 13.8. The van der Waals surface area contributed by atoms with Gasteiger partial charge >= 0.3 is 0 Å². The Morgan fingerprint density at radius 1 is 1.38 bits per heavy atom. The van der Waals surface area contributed by atoms with Gasteiger partial charge in [0.2, 0.25) is 5.91 Å². The number of nitrogens with zero attached hydrogens (tertiary/aromatic N) is 3. The van der Waals surface area contributed by atoms with Crippen LogP contribution in [0.1, 0.15) is 25.3 Å². The highest BCUT2D eigenvalue weighted by atomic mass is 19.1. The van der Waals surface area contributed by atoms with Crippen molar-refractivity contribution in [3.63, 3.8) is 0 Å². The molecule has 1 aromatic heterocycles. The van der Waals surface area contributed by atoms with Crippen LogP contribution in [0.15, 0.2) is 30.6 Å². The molecule has 1 amide bonds. The number of carbonyl (C=O) groups is 1. The van der Waals surface area contributed by atoms with Crippen molar-refractivity contribution in [1.29, 1.82) is 0 Å². The van der Waals surface area contributed by atoms with E-state index in [1.807, 2.05) is 13.1 Å². The summed E-state index contributed by atoms with van der Waals surface area (Å²) >= 11 is 0. The summed E-state index contributed by atoms with van der Waals surface area (Å²) in [4.78, 5) is 14.2. The third-order valence-electron chi connectivity index (χ3n) is 4.21. The van der Waals surface area contributed by atoms with E-state index in [1.165, 1.54) is 12.1 Å². The van der Waals surface area contributed by atoms with Crippen molar-refractivity contribution in [2.45, 2.75) is 38.9 Å². The van der Waals surface area contributed by atoms with Gasteiger partial charge in [-0.15, -0.1) is 0 Å².